The summed E-state index contributed by atoms with van der Waals surface area (Å²) in [6, 6.07) is 0. The molecule has 3 unspecified atom stereocenters. The number of hydrogen-bond donors (Lipinski definition) is 0. The highest BCUT2D eigenvalue weighted by atomic mass is 28.4. The fourth-order valence-corrected chi connectivity index (χ4v) is 11.1. The van der Waals surface area contributed by atoms with Crippen LogP contribution >= 0.6 is 0 Å². The van der Waals surface area contributed by atoms with E-state index in [1.54, 1.807) is 5.57 Å². The molecule has 4 rings (SSSR count). The van der Waals surface area contributed by atoms with E-state index in [1.165, 1.54) is 57.8 Å². The Morgan fingerprint density at radius 3 is 2.31 bits per heavy atom. The molecule has 200 valence electrons. The Balaban J connectivity index is 1.50. The Morgan fingerprint density at radius 1 is 1.03 bits per heavy atom. The van der Waals surface area contributed by atoms with E-state index in [0.717, 1.165) is 29.6 Å². The summed E-state index contributed by atoms with van der Waals surface area (Å²) < 4.78 is 6.72. The van der Waals surface area contributed by atoms with Crippen molar-refractivity contribution in [3.05, 3.63) is 23.3 Å². The first kappa shape index (κ1) is 27.7. The van der Waals surface area contributed by atoms with Crippen molar-refractivity contribution in [1.82, 2.24) is 0 Å². The van der Waals surface area contributed by atoms with Gasteiger partial charge in [-0.1, -0.05) is 64.8 Å². The summed E-state index contributed by atoms with van der Waals surface area (Å²) in [5.74, 6) is 5.64. The van der Waals surface area contributed by atoms with Crippen LogP contribution in [0.1, 0.15) is 106 Å². The van der Waals surface area contributed by atoms with Gasteiger partial charge in [-0.3, -0.25) is 0 Å². The second kappa shape index (κ2) is 10.1. The lowest BCUT2D eigenvalue weighted by atomic mass is 9.46. The molecule has 0 aliphatic heterocycles. The lowest BCUT2D eigenvalue weighted by molar-refractivity contribution is -0.0718. The van der Waals surface area contributed by atoms with Gasteiger partial charge in [-0.05, 0) is 137 Å². The zero-order chi connectivity index (χ0) is 25.8. The van der Waals surface area contributed by atoms with Crippen molar-refractivity contribution in [1.29, 1.82) is 0 Å². The first-order valence-electron chi connectivity index (χ1n) is 15.3. The summed E-state index contributed by atoms with van der Waals surface area (Å²) in [4.78, 5) is 0. The quantitative estimate of drug-likeness (QED) is 0.250. The summed E-state index contributed by atoms with van der Waals surface area (Å²) in [5.41, 5.74) is 4.60. The van der Waals surface area contributed by atoms with Gasteiger partial charge >= 0.3 is 0 Å². The molecule has 2 heteroatoms. The standard InChI is InChI=1S/C33H58OSi/c1-11-25(22(2)3)13-12-23(4)27-16-17-29-26-14-15-28-24(5)31(34-35(8,9)10)19-21-33(28,7)30(26)18-20-32(27,29)6/h11,14,22-24,27-31H,12-13,15-21H2,1-10H3/b25-11-/t23-,24+,27-,28?,29?,30?,31+,32-,33+/m1/s1. The summed E-state index contributed by atoms with van der Waals surface area (Å²) in [5, 5.41) is 0. The van der Waals surface area contributed by atoms with Crippen LogP contribution in [0, 0.1) is 52.3 Å². The molecule has 35 heavy (non-hydrogen) atoms. The van der Waals surface area contributed by atoms with Crippen molar-refractivity contribution in [3.8, 4) is 0 Å². The van der Waals surface area contributed by atoms with E-state index in [2.05, 4.69) is 80.3 Å². The molecule has 0 aromatic rings. The highest BCUT2D eigenvalue weighted by Gasteiger charge is 2.59. The second-order valence-corrected chi connectivity index (χ2v) is 19.5. The normalized spacial score (nSPS) is 42.8. The van der Waals surface area contributed by atoms with Crippen LogP contribution in [0.4, 0.5) is 0 Å². The molecule has 0 aromatic carbocycles. The van der Waals surface area contributed by atoms with Gasteiger partial charge in [-0.25, -0.2) is 0 Å². The van der Waals surface area contributed by atoms with Crippen LogP contribution in [0.15, 0.2) is 23.3 Å². The number of hydrogen-bond acceptors (Lipinski definition) is 1. The third kappa shape index (κ3) is 5.06. The molecule has 0 radical (unpaired) electrons. The van der Waals surface area contributed by atoms with E-state index in [1.807, 2.05) is 5.57 Å². The minimum atomic E-state index is -1.49. The minimum Gasteiger partial charge on any atom is -0.414 e. The number of fused-ring (bicyclic) bond motifs is 5. The predicted molar refractivity (Wildman–Crippen MR) is 155 cm³/mol. The summed E-state index contributed by atoms with van der Waals surface area (Å²) in [6.07, 6.45) is 18.1. The predicted octanol–water partition coefficient (Wildman–Crippen LogP) is 10.1. The average molecular weight is 499 g/mol. The fraction of sp³-hybridized carbons (Fsp3) is 0.879. The van der Waals surface area contributed by atoms with Gasteiger partial charge in [0, 0.05) is 6.10 Å². The first-order valence-corrected chi connectivity index (χ1v) is 18.8. The average Bonchev–Trinajstić information content (AvgIpc) is 3.12. The van der Waals surface area contributed by atoms with E-state index in [4.69, 9.17) is 4.43 Å². The van der Waals surface area contributed by atoms with Crippen molar-refractivity contribution < 1.29 is 4.43 Å². The zero-order valence-corrected chi connectivity index (χ0v) is 26.0. The van der Waals surface area contributed by atoms with E-state index >= 15 is 0 Å². The van der Waals surface area contributed by atoms with E-state index in [-0.39, 0.29) is 0 Å². The molecule has 4 aliphatic rings. The van der Waals surface area contributed by atoms with Crippen molar-refractivity contribution >= 4 is 8.32 Å². The van der Waals surface area contributed by atoms with Crippen LogP contribution in [-0.4, -0.2) is 14.4 Å². The van der Waals surface area contributed by atoms with Crippen LogP contribution < -0.4 is 0 Å². The van der Waals surface area contributed by atoms with E-state index in [0.29, 0.717) is 28.8 Å². The van der Waals surface area contributed by atoms with Crippen LogP contribution in [-0.2, 0) is 4.43 Å². The van der Waals surface area contributed by atoms with Crippen LogP contribution in [0.3, 0.4) is 0 Å². The SMILES string of the molecule is C/C=C(/CC[C@@H](C)[C@H]1CCC2C3=CCC4[C@H](C)[C@@H](O[Si](C)(C)C)CC[C@]4(C)C3CC[C@@]21C)C(C)C. The molecule has 0 N–H and O–H groups in total. The fourth-order valence-electron chi connectivity index (χ4n) is 9.89. The van der Waals surface area contributed by atoms with Gasteiger partial charge in [-0.2, -0.15) is 0 Å². The molecule has 9 atom stereocenters. The number of allylic oxidation sites excluding steroid dienone is 4. The third-order valence-electron chi connectivity index (χ3n) is 11.8. The Hall–Kier alpha value is -0.343. The molecule has 1 nitrogen and oxygen atoms in total. The Labute approximate surface area is 220 Å². The molecular formula is C33H58OSi. The lowest BCUT2D eigenvalue weighted by Crippen LogP contribution is -2.54. The summed E-state index contributed by atoms with van der Waals surface area (Å²) >= 11 is 0. The highest BCUT2D eigenvalue weighted by Crippen LogP contribution is 2.67. The zero-order valence-electron chi connectivity index (χ0n) is 25.0. The Bertz CT molecular complexity index is 817. The maximum atomic E-state index is 6.72. The maximum absolute atomic E-state index is 6.72. The summed E-state index contributed by atoms with van der Waals surface area (Å²) in [7, 11) is -1.49. The highest BCUT2D eigenvalue weighted by molar-refractivity contribution is 6.69. The molecule has 0 bridgehead atoms. The Morgan fingerprint density at radius 2 is 1.69 bits per heavy atom. The Kier molecular flexibility index (Phi) is 7.98. The van der Waals surface area contributed by atoms with Crippen LogP contribution in [0.5, 0.6) is 0 Å². The molecule has 3 fully saturated rings. The summed E-state index contributed by atoms with van der Waals surface area (Å²) in [6.45, 7) is 24.6. The van der Waals surface area contributed by atoms with Gasteiger partial charge in [0.1, 0.15) is 0 Å². The molecule has 0 saturated heterocycles. The maximum Gasteiger partial charge on any atom is 0.184 e. The van der Waals surface area contributed by atoms with Gasteiger partial charge in [0.25, 0.3) is 0 Å². The van der Waals surface area contributed by atoms with Crippen molar-refractivity contribution in [3.63, 3.8) is 0 Å². The molecule has 0 amide bonds. The third-order valence-corrected chi connectivity index (χ3v) is 12.8. The van der Waals surface area contributed by atoms with Crippen molar-refractivity contribution in [2.45, 2.75) is 132 Å². The van der Waals surface area contributed by atoms with Gasteiger partial charge < -0.3 is 4.43 Å². The molecule has 4 aliphatic carbocycles. The van der Waals surface area contributed by atoms with Gasteiger partial charge in [-0.15, -0.1) is 0 Å². The smallest absolute Gasteiger partial charge is 0.184 e. The van der Waals surface area contributed by atoms with Gasteiger partial charge in [0.15, 0.2) is 8.32 Å². The second-order valence-electron chi connectivity index (χ2n) is 15.1. The van der Waals surface area contributed by atoms with Gasteiger partial charge in [0.05, 0.1) is 0 Å². The topological polar surface area (TPSA) is 9.23 Å². The first-order chi connectivity index (χ1) is 16.3. The van der Waals surface area contributed by atoms with Crippen LogP contribution in [0.2, 0.25) is 19.6 Å². The minimum absolute atomic E-state index is 0.492. The number of rotatable bonds is 7. The van der Waals surface area contributed by atoms with E-state index < -0.39 is 8.32 Å². The molecule has 0 aromatic heterocycles. The molecular weight excluding hydrogens is 440 g/mol. The lowest BCUT2D eigenvalue weighted by Gasteiger charge is -2.60. The monoisotopic (exact) mass is 498 g/mol. The van der Waals surface area contributed by atoms with Crippen molar-refractivity contribution in [2.24, 2.45) is 52.3 Å². The van der Waals surface area contributed by atoms with Crippen LogP contribution in [0.25, 0.3) is 0 Å². The largest absolute Gasteiger partial charge is 0.414 e. The molecule has 3 saturated carbocycles. The van der Waals surface area contributed by atoms with Crippen molar-refractivity contribution in [2.75, 3.05) is 0 Å². The molecule has 0 spiro atoms. The van der Waals surface area contributed by atoms with E-state index in [9.17, 15) is 0 Å². The molecule has 0 heterocycles. The van der Waals surface area contributed by atoms with Gasteiger partial charge in [0.2, 0.25) is 0 Å².